The molecule has 0 spiro atoms. The molecule has 2 aromatic rings. The molecular formula is C17H14F3NO3. The number of benzene rings is 2. The van der Waals surface area contributed by atoms with Crippen molar-refractivity contribution in [3.63, 3.8) is 0 Å². The summed E-state index contributed by atoms with van der Waals surface area (Å²) in [6.45, 7) is 1.24. The number of hydrogen-bond donors (Lipinski definition) is 1. The average molecular weight is 337 g/mol. The summed E-state index contributed by atoms with van der Waals surface area (Å²) in [6.07, 6.45) is -1.67. The lowest BCUT2D eigenvalue weighted by Crippen LogP contribution is -2.31. The highest BCUT2D eigenvalue weighted by molar-refractivity contribution is 5.95. The third-order valence-electron chi connectivity index (χ3n) is 3.18. The maximum Gasteiger partial charge on any atom is 0.311 e. The molecule has 2 rings (SSSR count). The van der Waals surface area contributed by atoms with Gasteiger partial charge in [-0.05, 0) is 30.7 Å². The minimum atomic E-state index is -1.30. The van der Waals surface area contributed by atoms with Gasteiger partial charge in [0, 0.05) is 0 Å². The predicted octanol–water partition coefficient (Wildman–Crippen LogP) is 3.22. The molecule has 0 heterocycles. The maximum atomic E-state index is 13.5. The molecule has 0 aliphatic heterocycles. The first kappa shape index (κ1) is 17.5. The summed E-state index contributed by atoms with van der Waals surface area (Å²) in [5.74, 6) is -4.21. The lowest BCUT2D eigenvalue weighted by atomic mass is 10.1. The molecule has 4 nitrogen and oxygen atoms in total. The fraction of sp³-hybridized carbons (Fsp3) is 0.176. The monoisotopic (exact) mass is 337 g/mol. The topological polar surface area (TPSA) is 55.4 Å². The van der Waals surface area contributed by atoms with Gasteiger partial charge in [-0.25, -0.2) is 13.2 Å². The van der Waals surface area contributed by atoms with E-state index in [1.54, 1.807) is 6.07 Å². The first-order valence-corrected chi connectivity index (χ1v) is 7.06. The zero-order chi connectivity index (χ0) is 17.7. The Labute approximate surface area is 136 Å². The van der Waals surface area contributed by atoms with Crippen LogP contribution >= 0.6 is 0 Å². The molecule has 0 bridgehead atoms. The van der Waals surface area contributed by atoms with Crippen molar-refractivity contribution in [2.45, 2.75) is 19.4 Å². The number of carbonyl (C=O) groups excluding carboxylic acids is 2. The normalized spacial score (nSPS) is 11.7. The number of hydrogen-bond acceptors (Lipinski definition) is 3. The van der Waals surface area contributed by atoms with Crippen LogP contribution in [-0.2, 0) is 20.7 Å². The fourth-order valence-electron chi connectivity index (χ4n) is 1.93. The average Bonchev–Trinajstić information content (AvgIpc) is 2.53. The number of nitrogens with one attached hydrogen (secondary N) is 1. The van der Waals surface area contributed by atoms with E-state index in [4.69, 9.17) is 4.74 Å². The van der Waals surface area contributed by atoms with Crippen LogP contribution in [0.15, 0.2) is 42.5 Å². The van der Waals surface area contributed by atoms with Crippen molar-refractivity contribution >= 4 is 17.6 Å². The van der Waals surface area contributed by atoms with Crippen molar-refractivity contribution in [2.24, 2.45) is 0 Å². The molecule has 7 heteroatoms. The Morgan fingerprint density at radius 3 is 2.21 bits per heavy atom. The predicted molar refractivity (Wildman–Crippen MR) is 80.6 cm³/mol. The van der Waals surface area contributed by atoms with Crippen molar-refractivity contribution < 1.29 is 27.5 Å². The van der Waals surface area contributed by atoms with Crippen LogP contribution in [-0.4, -0.2) is 18.0 Å². The number of amides is 1. The lowest BCUT2D eigenvalue weighted by molar-refractivity contribution is -0.152. The summed E-state index contributed by atoms with van der Waals surface area (Å²) in [5, 5.41) is 2.02. The van der Waals surface area contributed by atoms with Crippen molar-refractivity contribution in [3.8, 4) is 0 Å². The van der Waals surface area contributed by atoms with Crippen LogP contribution in [0.1, 0.15) is 12.5 Å². The first-order valence-electron chi connectivity index (χ1n) is 7.06. The second-order valence-electron chi connectivity index (χ2n) is 4.99. The zero-order valence-electron chi connectivity index (χ0n) is 12.7. The van der Waals surface area contributed by atoms with E-state index < -0.39 is 41.1 Å². The molecule has 0 saturated carbocycles. The van der Waals surface area contributed by atoms with Crippen LogP contribution in [0.4, 0.5) is 18.9 Å². The van der Waals surface area contributed by atoms with E-state index >= 15 is 0 Å². The van der Waals surface area contributed by atoms with Gasteiger partial charge in [-0.1, -0.05) is 24.3 Å². The van der Waals surface area contributed by atoms with Gasteiger partial charge in [0.2, 0.25) is 0 Å². The molecule has 126 valence electrons. The first-order chi connectivity index (χ1) is 11.4. The molecule has 2 aromatic carbocycles. The summed E-state index contributed by atoms with van der Waals surface area (Å²) in [6, 6.07) is 8.75. The highest BCUT2D eigenvalue weighted by Gasteiger charge is 2.21. The van der Waals surface area contributed by atoms with E-state index in [1.807, 2.05) is 5.32 Å². The van der Waals surface area contributed by atoms with Gasteiger partial charge in [0.1, 0.15) is 23.1 Å². The number of rotatable bonds is 5. The van der Waals surface area contributed by atoms with Crippen molar-refractivity contribution in [2.75, 3.05) is 5.32 Å². The van der Waals surface area contributed by atoms with E-state index in [0.717, 1.165) is 18.2 Å². The van der Waals surface area contributed by atoms with Crippen LogP contribution in [0.3, 0.4) is 0 Å². The number of ether oxygens (including phenoxy) is 1. The van der Waals surface area contributed by atoms with E-state index in [-0.39, 0.29) is 12.0 Å². The Balaban J connectivity index is 1.96. The third-order valence-corrected chi connectivity index (χ3v) is 3.18. The minimum absolute atomic E-state index is 0.121. The highest BCUT2D eigenvalue weighted by atomic mass is 19.1. The van der Waals surface area contributed by atoms with Gasteiger partial charge < -0.3 is 10.1 Å². The van der Waals surface area contributed by atoms with Crippen molar-refractivity contribution in [1.29, 1.82) is 0 Å². The number of carbonyl (C=O) groups is 2. The highest BCUT2D eigenvalue weighted by Crippen LogP contribution is 2.18. The van der Waals surface area contributed by atoms with Crippen LogP contribution in [0.2, 0.25) is 0 Å². The fourth-order valence-corrected chi connectivity index (χ4v) is 1.93. The standard InChI is InChI=1S/C17H14F3NO3/c1-10(17(23)21-16-13(19)7-4-8-14(16)20)24-15(22)9-11-5-2-3-6-12(11)18/h2-8,10H,9H2,1H3,(H,21,23)/t10-/m1/s1. The Morgan fingerprint density at radius 2 is 1.58 bits per heavy atom. The SMILES string of the molecule is C[C@@H](OC(=O)Cc1ccccc1F)C(=O)Nc1c(F)cccc1F. The molecule has 0 radical (unpaired) electrons. The van der Waals surface area contributed by atoms with Gasteiger partial charge in [-0.2, -0.15) is 0 Å². The summed E-state index contributed by atoms with van der Waals surface area (Å²) in [4.78, 5) is 23.6. The molecule has 0 unspecified atom stereocenters. The molecular weight excluding hydrogens is 323 g/mol. The van der Waals surface area contributed by atoms with Gasteiger partial charge in [0.25, 0.3) is 5.91 Å². The molecule has 0 aliphatic carbocycles. The molecule has 0 aliphatic rings. The van der Waals surface area contributed by atoms with Gasteiger partial charge in [0.15, 0.2) is 6.10 Å². The largest absolute Gasteiger partial charge is 0.452 e. The lowest BCUT2D eigenvalue weighted by Gasteiger charge is -2.14. The number of anilines is 1. The molecule has 0 saturated heterocycles. The number of halogens is 3. The second kappa shape index (κ2) is 7.63. The van der Waals surface area contributed by atoms with Crippen molar-refractivity contribution in [1.82, 2.24) is 0 Å². The van der Waals surface area contributed by atoms with Crippen LogP contribution < -0.4 is 5.32 Å². The number of esters is 1. The molecule has 1 atom stereocenters. The van der Waals surface area contributed by atoms with Gasteiger partial charge in [0.05, 0.1) is 6.42 Å². The maximum absolute atomic E-state index is 13.5. The quantitative estimate of drug-likeness (QED) is 0.853. The van der Waals surface area contributed by atoms with E-state index in [0.29, 0.717) is 0 Å². The Hall–Kier alpha value is -2.83. The van der Waals surface area contributed by atoms with Gasteiger partial charge >= 0.3 is 5.97 Å². The van der Waals surface area contributed by atoms with E-state index in [1.165, 1.54) is 25.1 Å². The summed E-state index contributed by atoms with van der Waals surface area (Å²) < 4.78 is 45.2. The molecule has 24 heavy (non-hydrogen) atoms. The number of para-hydroxylation sites is 1. The Bertz CT molecular complexity index is 744. The minimum Gasteiger partial charge on any atom is -0.452 e. The van der Waals surface area contributed by atoms with Crippen LogP contribution in [0, 0.1) is 17.5 Å². The smallest absolute Gasteiger partial charge is 0.311 e. The Morgan fingerprint density at radius 1 is 1.00 bits per heavy atom. The van der Waals surface area contributed by atoms with Crippen LogP contribution in [0.25, 0.3) is 0 Å². The molecule has 1 amide bonds. The van der Waals surface area contributed by atoms with Gasteiger partial charge in [-0.3, -0.25) is 9.59 Å². The summed E-state index contributed by atoms with van der Waals surface area (Å²) in [7, 11) is 0. The molecule has 0 fully saturated rings. The molecule has 1 N–H and O–H groups in total. The zero-order valence-corrected chi connectivity index (χ0v) is 12.7. The third kappa shape index (κ3) is 4.34. The van der Waals surface area contributed by atoms with Crippen LogP contribution in [0.5, 0.6) is 0 Å². The summed E-state index contributed by atoms with van der Waals surface area (Å²) in [5.41, 5.74) is -0.505. The van der Waals surface area contributed by atoms with E-state index in [2.05, 4.69) is 0 Å². The van der Waals surface area contributed by atoms with E-state index in [9.17, 15) is 22.8 Å². The van der Waals surface area contributed by atoms with Crippen molar-refractivity contribution in [3.05, 3.63) is 65.5 Å². The summed E-state index contributed by atoms with van der Waals surface area (Å²) >= 11 is 0. The second-order valence-corrected chi connectivity index (χ2v) is 4.99. The Kier molecular flexibility index (Phi) is 5.57. The van der Waals surface area contributed by atoms with Gasteiger partial charge in [-0.15, -0.1) is 0 Å². The molecule has 0 aromatic heterocycles.